The number of methoxy groups -OCH3 is 2. The monoisotopic (exact) mass is 306 g/mol. The molecule has 21 heavy (non-hydrogen) atoms. The van der Waals surface area contributed by atoms with Crippen molar-refractivity contribution in [3.05, 3.63) is 51.5 Å². The van der Waals surface area contributed by atoms with Gasteiger partial charge in [0.1, 0.15) is 0 Å². The van der Waals surface area contributed by atoms with Gasteiger partial charge in [-0.1, -0.05) is 30.3 Å². The van der Waals surface area contributed by atoms with E-state index in [1.165, 1.54) is 10.4 Å². The second kappa shape index (κ2) is 8.89. The molecule has 1 heterocycles. The molecule has 114 valence electrons. The van der Waals surface area contributed by atoms with E-state index in [1.54, 1.807) is 25.6 Å². The summed E-state index contributed by atoms with van der Waals surface area (Å²) in [5.74, 6) is 0. The van der Waals surface area contributed by atoms with Gasteiger partial charge in [0.15, 0.2) is 0 Å². The molecular weight excluding hydrogens is 284 g/mol. The smallest absolute Gasteiger partial charge is 0.0976 e. The van der Waals surface area contributed by atoms with Gasteiger partial charge in [-0.15, -0.1) is 11.3 Å². The maximum absolute atomic E-state index is 5.25. The van der Waals surface area contributed by atoms with Crippen molar-refractivity contribution < 1.29 is 9.47 Å². The molecule has 0 unspecified atom stereocenters. The first-order valence-electron chi connectivity index (χ1n) is 7.03. The van der Waals surface area contributed by atoms with Crippen LogP contribution in [0, 0.1) is 0 Å². The number of nitrogens with zero attached hydrogens (tertiary/aromatic N) is 1. The van der Waals surface area contributed by atoms with E-state index < -0.39 is 0 Å². The molecule has 0 spiro atoms. The van der Waals surface area contributed by atoms with Crippen molar-refractivity contribution in [2.75, 3.05) is 27.4 Å². The van der Waals surface area contributed by atoms with Crippen molar-refractivity contribution in [2.24, 2.45) is 0 Å². The third-order valence-electron chi connectivity index (χ3n) is 3.07. The lowest BCUT2D eigenvalue weighted by Crippen LogP contribution is -2.18. The zero-order chi connectivity index (χ0) is 14.9. The summed E-state index contributed by atoms with van der Waals surface area (Å²) in [6.45, 7) is 2.94. The quantitative estimate of drug-likeness (QED) is 0.723. The SMILES string of the molecule is COCCNCc1sc(Cc2ccccc2)nc1COC. The molecule has 0 bridgehead atoms. The van der Waals surface area contributed by atoms with E-state index in [4.69, 9.17) is 14.5 Å². The molecule has 0 amide bonds. The number of nitrogens with one attached hydrogen (secondary N) is 1. The van der Waals surface area contributed by atoms with Gasteiger partial charge >= 0.3 is 0 Å². The Morgan fingerprint density at radius 1 is 1.14 bits per heavy atom. The lowest BCUT2D eigenvalue weighted by molar-refractivity contribution is 0.180. The largest absolute Gasteiger partial charge is 0.383 e. The number of aromatic nitrogens is 1. The Labute approximate surface area is 130 Å². The summed E-state index contributed by atoms with van der Waals surface area (Å²) in [6.07, 6.45) is 0.875. The Balaban J connectivity index is 2.01. The summed E-state index contributed by atoms with van der Waals surface area (Å²) in [7, 11) is 3.42. The highest BCUT2D eigenvalue weighted by Crippen LogP contribution is 2.22. The number of benzene rings is 1. The number of hydrogen-bond donors (Lipinski definition) is 1. The van der Waals surface area contributed by atoms with Crippen LogP contribution in [0.3, 0.4) is 0 Å². The predicted octanol–water partition coefficient (Wildman–Crippen LogP) is 2.62. The Hall–Kier alpha value is -1.27. The van der Waals surface area contributed by atoms with E-state index in [0.29, 0.717) is 6.61 Å². The molecule has 0 aliphatic carbocycles. The van der Waals surface area contributed by atoms with Crippen LogP contribution in [0.5, 0.6) is 0 Å². The lowest BCUT2D eigenvalue weighted by atomic mass is 10.2. The van der Waals surface area contributed by atoms with Crippen LogP contribution >= 0.6 is 11.3 Å². The van der Waals surface area contributed by atoms with Crippen LogP contribution in [0.4, 0.5) is 0 Å². The van der Waals surface area contributed by atoms with E-state index in [-0.39, 0.29) is 0 Å². The summed E-state index contributed by atoms with van der Waals surface area (Å²) in [5.41, 5.74) is 2.33. The molecule has 0 fully saturated rings. The summed E-state index contributed by atoms with van der Waals surface area (Å²) in [6, 6.07) is 10.4. The lowest BCUT2D eigenvalue weighted by Gasteiger charge is -2.03. The average molecular weight is 306 g/mol. The van der Waals surface area contributed by atoms with Crippen LogP contribution in [-0.4, -0.2) is 32.4 Å². The molecule has 0 aliphatic heterocycles. The fraction of sp³-hybridized carbons (Fsp3) is 0.438. The minimum Gasteiger partial charge on any atom is -0.383 e. The third kappa shape index (κ3) is 5.21. The molecule has 1 aromatic heterocycles. The van der Waals surface area contributed by atoms with Crippen LogP contribution < -0.4 is 5.32 Å². The fourth-order valence-electron chi connectivity index (χ4n) is 2.05. The molecule has 4 nitrogen and oxygen atoms in total. The molecular formula is C16H22N2O2S. The van der Waals surface area contributed by atoms with E-state index >= 15 is 0 Å². The number of thiazole rings is 1. The van der Waals surface area contributed by atoms with Crippen LogP contribution in [0.25, 0.3) is 0 Å². The van der Waals surface area contributed by atoms with E-state index in [9.17, 15) is 0 Å². The number of rotatable bonds is 9. The summed E-state index contributed by atoms with van der Waals surface area (Å²) in [4.78, 5) is 5.97. The Morgan fingerprint density at radius 2 is 1.95 bits per heavy atom. The van der Waals surface area contributed by atoms with Gasteiger partial charge in [-0.05, 0) is 5.56 Å². The summed E-state index contributed by atoms with van der Waals surface area (Å²) in [5, 5.41) is 4.50. The molecule has 0 radical (unpaired) electrons. The minimum absolute atomic E-state index is 0.562. The van der Waals surface area contributed by atoms with Gasteiger partial charge in [0.05, 0.1) is 23.9 Å². The first-order chi connectivity index (χ1) is 10.3. The Kier molecular flexibility index (Phi) is 6.82. The van der Waals surface area contributed by atoms with Gasteiger partial charge in [0.25, 0.3) is 0 Å². The van der Waals surface area contributed by atoms with Crippen LogP contribution in [0.2, 0.25) is 0 Å². The van der Waals surface area contributed by atoms with Crippen molar-refractivity contribution >= 4 is 11.3 Å². The van der Waals surface area contributed by atoms with E-state index in [0.717, 1.165) is 36.8 Å². The maximum atomic E-state index is 5.25. The molecule has 2 aromatic rings. The molecule has 1 aromatic carbocycles. The van der Waals surface area contributed by atoms with Crippen molar-refractivity contribution in [3.8, 4) is 0 Å². The normalized spacial score (nSPS) is 11.0. The Morgan fingerprint density at radius 3 is 2.67 bits per heavy atom. The van der Waals surface area contributed by atoms with Crippen molar-refractivity contribution in [1.29, 1.82) is 0 Å². The second-order valence-electron chi connectivity index (χ2n) is 4.74. The fourth-order valence-corrected chi connectivity index (χ4v) is 3.12. The topological polar surface area (TPSA) is 43.4 Å². The molecule has 0 saturated heterocycles. The summed E-state index contributed by atoms with van der Waals surface area (Å²) >= 11 is 1.76. The van der Waals surface area contributed by atoms with Gasteiger partial charge in [0, 0.05) is 38.6 Å². The van der Waals surface area contributed by atoms with Gasteiger partial charge in [-0.25, -0.2) is 4.98 Å². The highest BCUT2D eigenvalue weighted by Gasteiger charge is 2.11. The predicted molar refractivity (Wildman–Crippen MR) is 85.7 cm³/mol. The Bertz CT molecular complexity index is 528. The van der Waals surface area contributed by atoms with E-state index in [1.807, 2.05) is 6.07 Å². The van der Waals surface area contributed by atoms with Gasteiger partial charge in [-0.2, -0.15) is 0 Å². The van der Waals surface area contributed by atoms with Crippen molar-refractivity contribution in [2.45, 2.75) is 19.6 Å². The molecule has 0 aliphatic rings. The summed E-state index contributed by atoms with van der Waals surface area (Å²) < 4.78 is 10.3. The van der Waals surface area contributed by atoms with Crippen LogP contribution in [0.15, 0.2) is 30.3 Å². The van der Waals surface area contributed by atoms with Crippen molar-refractivity contribution in [1.82, 2.24) is 10.3 Å². The molecule has 0 saturated carbocycles. The standard InChI is InChI=1S/C16H22N2O2S/c1-19-9-8-17-11-15-14(12-20-2)18-16(21-15)10-13-6-4-3-5-7-13/h3-7,17H,8-12H2,1-2H3. The van der Waals surface area contributed by atoms with Crippen molar-refractivity contribution in [3.63, 3.8) is 0 Å². The zero-order valence-electron chi connectivity index (χ0n) is 12.6. The van der Waals surface area contributed by atoms with Crippen LogP contribution in [0.1, 0.15) is 21.1 Å². The number of hydrogen-bond acceptors (Lipinski definition) is 5. The zero-order valence-corrected chi connectivity index (χ0v) is 13.4. The van der Waals surface area contributed by atoms with Crippen LogP contribution in [-0.2, 0) is 29.0 Å². The highest BCUT2D eigenvalue weighted by atomic mass is 32.1. The molecule has 1 N–H and O–H groups in total. The average Bonchev–Trinajstić information content (AvgIpc) is 2.87. The molecule has 5 heteroatoms. The first kappa shape index (κ1) is 16.1. The molecule has 0 atom stereocenters. The molecule has 2 rings (SSSR count). The minimum atomic E-state index is 0.562. The van der Waals surface area contributed by atoms with Gasteiger partial charge in [-0.3, -0.25) is 0 Å². The maximum Gasteiger partial charge on any atom is 0.0976 e. The van der Waals surface area contributed by atoms with E-state index in [2.05, 4.69) is 29.6 Å². The van der Waals surface area contributed by atoms with Gasteiger partial charge < -0.3 is 14.8 Å². The second-order valence-corrected chi connectivity index (χ2v) is 5.91. The number of ether oxygens (including phenoxy) is 2. The highest BCUT2D eigenvalue weighted by molar-refractivity contribution is 7.11. The third-order valence-corrected chi connectivity index (χ3v) is 4.17. The first-order valence-corrected chi connectivity index (χ1v) is 7.85. The van der Waals surface area contributed by atoms with Gasteiger partial charge in [0.2, 0.25) is 0 Å².